The van der Waals surface area contributed by atoms with Gasteiger partial charge < -0.3 is 50.9 Å². The number of carbonyl (C=O) groups is 6. The van der Waals surface area contributed by atoms with Crippen LogP contribution in [0.1, 0.15) is 84.6 Å². The summed E-state index contributed by atoms with van der Waals surface area (Å²) in [5, 5.41) is 30.4. The van der Waals surface area contributed by atoms with E-state index in [9.17, 15) is 39.0 Å². The Kier molecular flexibility index (Phi) is 15.4. The van der Waals surface area contributed by atoms with Crippen molar-refractivity contribution in [2.75, 3.05) is 34.4 Å². The maximum Gasteiger partial charge on any atom is 0.406 e. The summed E-state index contributed by atoms with van der Waals surface area (Å²) >= 11 is 0. The number of aliphatic carboxylic acids is 2. The highest BCUT2D eigenvalue weighted by molar-refractivity contribution is 6.01. The summed E-state index contributed by atoms with van der Waals surface area (Å²) in [5.41, 5.74) is 9.39. The van der Waals surface area contributed by atoms with Gasteiger partial charge in [-0.15, -0.1) is 0 Å². The lowest BCUT2D eigenvalue weighted by molar-refractivity contribution is -0.138. The lowest BCUT2D eigenvalue weighted by Gasteiger charge is -2.14. The van der Waals surface area contributed by atoms with E-state index in [0.29, 0.717) is 63.6 Å². The second-order valence-electron chi connectivity index (χ2n) is 12.7. The molecular weight excluding hydrogens is 700 g/mol. The van der Waals surface area contributed by atoms with Gasteiger partial charge in [-0.2, -0.15) is 0 Å². The number of carboxylic acid groups (broad SMARTS) is 2. The Morgan fingerprint density at radius 3 is 1.85 bits per heavy atom. The molecule has 0 fully saturated rings. The first kappa shape index (κ1) is 42.4. The number of likely N-dealkylation sites (N-methyl/N-ethyl adjacent to an activating group) is 1. The Morgan fingerprint density at radius 1 is 0.796 bits per heavy atom. The van der Waals surface area contributed by atoms with Gasteiger partial charge in [0.15, 0.2) is 0 Å². The van der Waals surface area contributed by atoms with Crippen LogP contribution in [-0.4, -0.2) is 90.9 Å². The van der Waals surface area contributed by atoms with Gasteiger partial charge in [-0.05, 0) is 105 Å². The number of carbonyl (C=O) groups excluding carboxylic acids is 4. The molecule has 16 nitrogen and oxygen atoms in total. The third-order valence-electron chi connectivity index (χ3n) is 9.39. The van der Waals surface area contributed by atoms with Crippen LogP contribution in [0.5, 0.6) is 0 Å². The maximum atomic E-state index is 12.7. The lowest BCUT2D eigenvalue weighted by Crippen LogP contribution is -2.25. The number of alkyl carbamates (subject to hydrolysis) is 2. The number of rotatable bonds is 19. The van der Waals surface area contributed by atoms with Gasteiger partial charge in [0, 0.05) is 79.1 Å². The van der Waals surface area contributed by atoms with Gasteiger partial charge in [-0.25, -0.2) is 9.59 Å². The molecule has 0 saturated carbocycles. The summed E-state index contributed by atoms with van der Waals surface area (Å²) in [5.74, 6) is -2.20. The minimum absolute atomic E-state index is 0.131. The van der Waals surface area contributed by atoms with Crippen molar-refractivity contribution in [3.63, 3.8) is 0 Å². The fraction of sp³-hybridized carbons (Fsp3) is 0.421. The van der Waals surface area contributed by atoms with Crippen molar-refractivity contribution in [2.45, 2.75) is 72.6 Å². The summed E-state index contributed by atoms with van der Waals surface area (Å²) in [6, 6.07) is 0. The second kappa shape index (κ2) is 19.7. The Morgan fingerprint density at radius 2 is 1.33 bits per heavy atom. The van der Waals surface area contributed by atoms with E-state index < -0.39 is 24.1 Å². The summed E-state index contributed by atoms with van der Waals surface area (Å²) in [7, 11) is 4.23. The number of allylic oxidation sites excluding steroid dienone is 3. The number of methoxy groups -OCH3 is 2. The SMILES string of the molecule is CNC(=C\c1[nH]c(Cc2[nH]c(/C=C3\NC(=O)C(C)=C3CCNC(=O)OC)c(C)c2CCC(=O)O)c(CCC(=O)O)c1C)/C(CCNC(=O)OC)=C(/C)C=O. The van der Waals surface area contributed by atoms with Crippen LogP contribution in [0.2, 0.25) is 0 Å². The fourth-order valence-electron chi connectivity index (χ4n) is 6.36. The number of hydrogen-bond donors (Lipinski definition) is 8. The Hall–Kier alpha value is -6.06. The predicted octanol–water partition coefficient (Wildman–Crippen LogP) is 3.94. The Bertz CT molecular complexity index is 1910. The largest absolute Gasteiger partial charge is 0.481 e. The molecule has 16 heteroatoms. The van der Waals surface area contributed by atoms with Crippen LogP contribution >= 0.6 is 0 Å². The van der Waals surface area contributed by atoms with Crippen LogP contribution < -0.4 is 21.3 Å². The molecule has 292 valence electrons. The minimum Gasteiger partial charge on any atom is -0.481 e. The molecule has 3 amide bonds. The molecule has 2 aromatic rings. The van der Waals surface area contributed by atoms with Crippen LogP contribution in [-0.2, 0) is 47.9 Å². The van der Waals surface area contributed by atoms with E-state index in [1.165, 1.54) is 14.2 Å². The number of amides is 3. The lowest BCUT2D eigenvalue weighted by atomic mass is 9.97. The molecule has 1 aliphatic rings. The number of ether oxygens (including phenoxy) is 2. The van der Waals surface area contributed by atoms with E-state index in [1.807, 2.05) is 19.9 Å². The van der Waals surface area contributed by atoms with Gasteiger partial charge in [-0.3, -0.25) is 19.2 Å². The van der Waals surface area contributed by atoms with Gasteiger partial charge in [0.05, 0.1) is 14.2 Å². The summed E-state index contributed by atoms with van der Waals surface area (Å²) in [6.07, 6.45) is 4.28. The molecule has 1 aliphatic heterocycles. The highest BCUT2D eigenvalue weighted by Gasteiger charge is 2.26. The van der Waals surface area contributed by atoms with Gasteiger partial charge >= 0.3 is 24.1 Å². The van der Waals surface area contributed by atoms with E-state index in [0.717, 1.165) is 34.2 Å². The first-order valence-corrected chi connectivity index (χ1v) is 17.4. The van der Waals surface area contributed by atoms with Crippen molar-refractivity contribution in [3.05, 3.63) is 78.7 Å². The molecule has 3 rings (SSSR count). The minimum atomic E-state index is -0.968. The van der Waals surface area contributed by atoms with Crippen molar-refractivity contribution >= 4 is 48.5 Å². The first-order valence-electron chi connectivity index (χ1n) is 17.4. The number of aldehydes is 1. The number of hydrogen-bond acceptors (Lipinski definition) is 9. The summed E-state index contributed by atoms with van der Waals surface area (Å²) < 4.78 is 9.30. The standard InChI is InChI=1S/C38H50N6O10/c1-20(19-45)24(12-14-40-37(51)53-6)30(39-5)16-28-21(2)25(8-10-34(46)47)31(42-28)18-32-26(9-11-35(48)49)22(3)29(43-32)17-33-27(23(4)36(50)44-33)13-15-41-38(52)54-7/h16-17,19,39,42-43H,8-15,18H2,1-7H3,(H,40,51)(H,41,52)(H,44,50)(H,46,47)(H,48,49)/b24-20-,30-16-,33-17-. The van der Waals surface area contributed by atoms with Crippen molar-refractivity contribution < 1.29 is 48.5 Å². The van der Waals surface area contributed by atoms with E-state index in [2.05, 4.69) is 40.7 Å². The van der Waals surface area contributed by atoms with E-state index in [-0.39, 0.29) is 51.1 Å². The second-order valence-corrected chi connectivity index (χ2v) is 12.7. The maximum absolute atomic E-state index is 12.7. The van der Waals surface area contributed by atoms with Crippen LogP contribution in [0.3, 0.4) is 0 Å². The Balaban J connectivity index is 2.12. The van der Waals surface area contributed by atoms with E-state index >= 15 is 0 Å². The van der Waals surface area contributed by atoms with Gasteiger partial charge in [0.2, 0.25) is 0 Å². The van der Waals surface area contributed by atoms with Gasteiger partial charge in [-0.1, -0.05) is 0 Å². The van der Waals surface area contributed by atoms with Crippen molar-refractivity contribution in [3.8, 4) is 0 Å². The highest BCUT2D eigenvalue weighted by atomic mass is 16.5. The zero-order valence-electron chi connectivity index (χ0n) is 31.8. The van der Waals surface area contributed by atoms with Crippen LogP contribution in [0.25, 0.3) is 12.2 Å². The molecule has 0 aliphatic carbocycles. The smallest absolute Gasteiger partial charge is 0.406 e. The third-order valence-corrected chi connectivity index (χ3v) is 9.39. The van der Waals surface area contributed by atoms with E-state index in [1.54, 1.807) is 27.0 Å². The van der Waals surface area contributed by atoms with Gasteiger partial charge in [0.1, 0.15) is 6.29 Å². The van der Waals surface area contributed by atoms with Crippen LogP contribution in [0, 0.1) is 13.8 Å². The first-order chi connectivity index (χ1) is 25.6. The zero-order chi connectivity index (χ0) is 40.1. The Labute approximate surface area is 313 Å². The van der Waals surface area contributed by atoms with Crippen LogP contribution in [0.15, 0.2) is 33.7 Å². The quantitative estimate of drug-likeness (QED) is 0.0581. The summed E-state index contributed by atoms with van der Waals surface area (Å²) in [6.45, 7) is 7.56. The van der Waals surface area contributed by atoms with E-state index in [4.69, 9.17) is 0 Å². The monoisotopic (exact) mass is 750 g/mol. The molecular formula is C38H50N6O10. The number of aromatic amines is 2. The van der Waals surface area contributed by atoms with Crippen molar-refractivity contribution in [1.82, 2.24) is 31.2 Å². The molecule has 0 bridgehead atoms. The van der Waals surface area contributed by atoms with Crippen molar-refractivity contribution in [1.29, 1.82) is 0 Å². The molecule has 2 aromatic heterocycles. The number of aromatic nitrogens is 2. The molecule has 3 heterocycles. The highest BCUT2D eigenvalue weighted by Crippen LogP contribution is 2.31. The number of nitrogens with one attached hydrogen (secondary N) is 6. The normalized spacial score (nSPS) is 14.1. The molecule has 0 radical (unpaired) electrons. The topological polar surface area (TPSA) is 241 Å². The van der Waals surface area contributed by atoms with Crippen LogP contribution in [0.4, 0.5) is 9.59 Å². The average Bonchev–Trinajstić information content (AvgIpc) is 3.70. The van der Waals surface area contributed by atoms with Crippen molar-refractivity contribution in [2.24, 2.45) is 0 Å². The molecule has 0 atom stereocenters. The number of H-pyrrole nitrogens is 2. The summed E-state index contributed by atoms with van der Waals surface area (Å²) in [4.78, 5) is 78.2. The molecule has 0 saturated heterocycles. The molecule has 0 unspecified atom stereocenters. The zero-order valence-corrected chi connectivity index (χ0v) is 31.8. The molecule has 54 heavy (non-hydrogen) atoms. The third kappa shape index (κ3) is 11.0. The molecule has 8 N–H and O–H groups in total. The molecule has 0 spiro atoms. The number of carboxylic acids is 2. The fourth-order valence-corrected chi connectivity index (χ4v) is 6.36. The van der Waals surface area contributed by atoms with Gasteiger partial charge in [0.25, 0.3) is 5.91 Å². The molecule has 0 aromatic carbocycles. The predicted molar refractivity (Wildman–Crippen MR) is 200 cm³/mol. The average molecular weight is 751 g/mol.